The second-order valence-corrected chi connectivity index (χ2v) is 5.86. The van der Waals surface area contributed by atoms with Gasteiger partial charge in [0.15, 0.2) is 12.4 Å². The molecule has 0 unspecified atom stereocenters. The van der Waals surface area contributed by atoms with Crippen LogP contribution in [0.25, 0.3) is 0 Å². The fourth-order valence-electron chi connectivity index (χ4n) is 1.48. The van der Waals surface area contributed by atoms with Gasteiger partial charge in [0.25, 0.3) is 0 Å². The number of esters is 1. The molecule has 2 aromatic rings. The van der Waals surface area contributed by atoms with E-state index < -0.39 is 5.97 Å². The quantitative estimate of drug-likeness (QED) is 0.276. The van der Waals surface area contributed by atoms with E-state index in [2.05, 4.69) is 0 Å². The summed E-state index contributed by atoms with van der Waals surface area (Å²) in [4.78, 5) is 11.8. The molecule has 8 heteroatoms. The molecule has 0 aliphatic rings. The fraction of sp³-hybridized carbons (Fsp3) is 0.0714. The second-order valence-electron chi connectivity index (χ2n) is 3.97. The zero-order valence-electron chi connectivity index (χ0n) is 10.7. The summed E-state index contributed by atoms with van der Waals surface area (Å²) >= 11 is 29.5. The zero-order valence-corrected chi connectivity index (χ0v) is 14.5. The molecule has 0 radical (unpaired) electrons. The maximum absolute atomic E-state index is 11.8. The Morgan fingerprint density at radius 3 is 1.86 bits per heavy atom. The Kier molecular flexibility index (Phi) is 6.07. The largest absolute Gasteiger partial charge is 0.482 e. The van der Waals surface area contributed by atoms with Crippen molar-refractivity contribution in [3.8, 4) is 11.5 Å². The summed E-state index contributed by atoms with van der Waals surface area (Å²) < 4.78 is 10.3. The summed E-state index contributed by atoms with van der Waals surface area (Å²) in [5, 5.41) is -0.323. The van der Waals surface area contributed by atoms with Crippen molar-refractivity contribution in [1.29, 1.82) is 0 Å². The molecule has 0 aliphatic carbocycles. The van der Waals surface area contributed by atoms with Crippen LogP contribution in [-0.4, -0.2) is 12.6 Å². The lowest BCUT2D eigenvalue weighted by atomic mass is 10.3. The van der Waals surface area contributed by atoms with Gasteiger partial charge < -0.3 is 9.47 Å². The van der Waals surface area contributed by atoms with Crippen molar-refractivity contribution in [2.45, 2.75) is 0 Å². The number of hydrogen-bond acceptors (Lipinski definition) is 3. The van der Waals surface area contributed by atoms with Gasteiger partial charge >= 0.3 is 5.97 Å². The molecule has 0 N–H and O–H groups in total. The van der Waals surface area contributed by atoms with Crippen molar-refractivity contribution >= 4 is 64.0 Å². The van der Waals surface area contributed by atoms with Crippen molar-refractivity contribution < 1.29 is 14.3 Å². The predicted octanol–water partition coefficient (Wildman–Crippen LogP) is 5.94. The van der Waals surface area contributed by atoms with Crippen LogP contribution in [0.4, 0.5) is 0 Å². The third-order valence-corrected chi connectivity index (χ3v) is 4.73. The van der Waals surface area contributed by atoms with E-state index in [0.29, 0.717) is 5.75 Å². The van der Waals surface area contributed by atoms with E-state index in [4.69, 9.17) is 67.5 Å². The standard InChI is InChI=1S/C14H7Cl5O3/c15-9-10(16)12(18)14(13(19)11(9)17)22-8(20)6-21-7-4-2-1-3-5-7/h1-5H,6H2. The summed E-state index contributed by atoms with van der Waals surface area (Å²) in [5.41, 5.74) is 0. The lowest BCUT2D eigenvalue weighted by Crippen LogP contribution is -2.18. The molecule has 0 bridgehead atoms. The molecule has 0 amide bonds. The molecule has 0 heterocycles. The predicted molar refractivity (Wildman–Crippen MR) is 89.1 cm³/mol. The van der Waals surface area contributed by atoms with Gasteiger partial charge in [-0.1, -0.05) is 76.2 Å². The van der Waals surface area contributed by atoms with E-state index in [9.17, 15) is 4.79 Å². The molecule has 116 valence electrons. The summed E-state index contributed by atoms with van der Waals surface area (Å²) in [7, 11) is 0. The van der Waals surface area contributed by atoms with Gasteiger partial charge in [-0.15, -0.1) is 0 Å². The van der Waals surface area contributed by atoms with Gasteiger partial charge in [-0.3, -0.25) is 0 Å². The lowest BCUT2D eigenvalue weighted by molar-refractivity contribution is -0.136. The molecule has 0 fully saturated rings. The second kappa shape index (κ2) is 7.62. The highest BCUT2D eigenvalue weighted by Gasteiger charge is 2.22. The first-order chi connectivity index (χ1) is 10.4. The average Bonchev–Trinajstić information content (AvgIpc) is 2.54. The normalized spacial score (nSPS) is 10.4. The Morgan fingerprint density at radius 2 is 1.32 bits per heavy atom. The van der Waals surface area contributed by atoms with Crippen molar-refractivity contribution in [3.05, 3.63) is 55.4 Å². The third-order valence-electron chi connectivity index (χ3n) is 2.49. The van der Waals surface area contributed by atoms with Crippen LogP contribution in [0.5, 0.6) is 11.5 Å². The first-order valence-corrected chi connectivity index (χ1v) is 7.70. The van der Waals surface area contributed by atoms with Gasteiger partial charge in [0.05, 0.1) is 15.1 Å². The van der Waals surface area contributed by atoms with Crippen LogP contribution in [-0.2, 0) is 4.79 Å². The number of carbonyl (C=O) groups is 1. The first kappa shape index (κ1) is 17.5. The molecule has 3 nitrogen and oxygen atoms in total. The van der Waals surface area contributed by atoms with Crippen molar-refractivity contribution in [2.24, 2.45) is 0 Å². The van der Waals surface area contributed by atoms with Gasteiger partial charge in [-0.2, -0.15) is 0 Å². The highest BCUT2D eigenvalue weighted by atomic mass is 35.5. The van der Waals surface area contributed by atoms with Crippen LogP contribution >= 0.6 is 58.0 Å². The van der Waals surface area contributed by atoms with Crippen LogP contribution in [0, 0.1) is 0 Å². The number of para-hydroxylation sites is 1. The maximum Gasteiger partial charge on any atom is 0.349 e. The summed E-state index contributed by atoms with van der Waals surface area (Å²) in [5.74, 6) is -0.365. The molecule has 0 spiro atoms. The molecular formula is C14H7Cl5O3. The molecular weight excluding hydrogens is 393 g/mol. The van der Waals surface area contributed by atoms with Crippen LogP contribution in [0.1, 0.15) is 0 Å². The number of halogens is 5. The van der Waals surface area contributed by atoms with Crippen LogP contribution < -0.4 is 9.47 Å². The first-order valence-electron chi connectivity index (χ1n) is 5.81. The number of hydrogen-bond donors (Lipinski definition) is 0. The third kappa shape index (κ3) is 3.92. The SMILES string of the molecule is O=C(COc1ccccc1)Oc1c(Cl)c(Cl)c(Cl)c(Cl)c1Cl. The maximum atomic E-state index is 11.8. The monoisotopic (exact) mass is 398 g/mol. The molecule has 0 aromatic heterocycles. The zero-order chi connectivity index (χ0) is 16.3. The van der Waals surface area contributed by atoms with E-state index in [-0.39, 0.29) is 37.5 Å². The number of carbonyl (C=O) groups excluding carboxylic acids is 1. The highest BCUT2D eigenvalue weighted by Crippen LogP contribution is 2.48. The number of rotatable bonds is 4. The van der Waals surface area contributed by atoms with Crippen LogP contribution in [0.2, 0.25) is 25.1 Å². The molecule has 0 aliphatic heterocycles. The molecule has 0 atom stereocenters. The minimum absolute atomic E-state index is 0.0151. The molecule has 22 heavy (non-hydrogen) atoms. The lowest BCUT2D eigenvalue weighted by Gasteiger charge is -2.12. The van der Waals surface area contributed by atoms with Crippen molar-refractivity contribution in [1.82, 2.24) is 0 Å². The Bertz CT molecular complexity index is 674. The van der Waals surface area contributed by atoms with Crippen LogP contribution in [0.15, 0.2) is 30.3 Å². The summed E-state index contributed by atoms with van der Waals surface area (Å²) in [6.45, 7) is -0.339. The fourth-order valence-corrected chi connectivity index (χ4v) is 2.67. The summed E-state index contributed by atoms with van der Waals surface area (Å²) in [6, 6.07) is 8.76. The Labute approximate surface area is 151 Å². The van der Waals surface area contributed by atoms with Crippen LogP contribution in [0.3, 0.4) is 0 Å². The van der Waals surface area contributed by atoms with E-state index in [1.165, 1.54) is 0 Å². The van der Waals surface area contributed by atoms with Gasteiger partial charge in [-0.25, -0.2) is 4.79 Å². The van der Waals surface area contributed by atoms with Crippen molar-refractivity contribution in [3.63, 3.8) is 0 Å². The molecule has 0 saturated heterocycles. The van der Waals surface area contributed by atoms with Gasteiger partial charge in [0.2, 0.25) is 0 Å². The molecule has 0 saturated carbocycles. The number of benzene rings is 2. The van der Waals surface area contributed by atoms with Gasteiger partial charge in [0.1, 0.15) is 15.8 Å². The topological polar surface area (TPSA) is 35.5 Å². The molecule has 2 aromatic carbocycles. The van der Waals surface area contributed by atoms with Crippen molar-refractivity contribution in [2.75, 3.05) is 6.61 Å². The average molecular weight is 400 g/mol. The summed E-state index contributed by atoms with van der Waals surface area (Å²) in [6.07, 6.45) is 0. The Hall–Kier alpha value is -0.840. The number of ether oxygens (including phenoxy) is 2. The molecule has 2 rings (SSSR count). The van der Waals surface area contributed by atoms with E-state index >= 15 is 0 Å². The van der Waals surface area contributed by atoms with E-state index in [0.717, 1.165) is 0 Å². The Balaban J connectivity index is 2.12. The van der Waals surface area contributed by atoms with E-state index in [1.807, 2.05) is 6.07 Å². The Morgan fingerprint density at radius 1 is 0.818 bits per heavy atom. The highest BCUT2D eigenvalue weighted by molar-refractivity contribution is 6.55. The smallest absolute Gasteiger partial charge is 0.349 e. The van der Waals surface area contributed by atoms with Gasteiger partial charge in [0, 0.05) is 0 Å². The minimum atomic E-state index is -0.720. The van der Waals surface area contributed by atoms with Gasteiger partial charge in [-0.05, 0) is 12.1 Å². The van der Waals surface area contributed by atoms with E-state index in [1.54, 1.807) is 24.3 Å². The minimum Gasteiger partial charge on any atom is -0.482 e.